The molecular formula is C22H26N6O3. The molecule has 2 N–H and O–H groups in total. The molecule has 162 valence electrons. The van der Waals surface area contributed by atoms with Crippen LogP contribution >= 0.6 is 0 Å². The molecule has 9 heteroatoms. The summed E-state index contributed by atoms with van der Waals surface area (Å²) in [5.74, 6) is -0.341. The molecule has 9 nitrogen and oxygen atoms in total. The molecule has 4 rings (SSSR count). The van der Waals surface area contributed by atoms with Crippen LogP contribution in [0.5, 0.6) is 0 Å². The Labute approximate surface area is 180 Å². The van der Waals surface area contributed by atoms with Gasteiger partial charge in [0.2, 0.25) is 5.91 Å². The number of carbonyl (C=O) groups excluding carboxylic acids is 2. The number of morpholine rings is 1. The van der Waals surface area contributed by atoms with Gasteiger partial charge in [0.1, 0.15) is 0 Å². The van der Waals surface area contributed by atoms with Crippen LogP contribution in [0.15, 0.2) is 30.3 Å². The van der Waals surface area contributed by atoms with Gasteiger partial charge in [0.25, 0.3) is 5.91 Å². The second-order valence-corrected chi connectivity index (χ2v) is 7.69. The van der Waals surface area contributed by atoms with Gasteiger partial charge in [-0.1, -0.05) is 6.07 Å². The van der Waals surface area contributed by atoms with Crippen molar-refractivity contribution in [3.8, 4) is 0 Å². The summed E-state index contributed by atoms with van der Waals surface area (Å²) in [6.45, 7) is 6.81. The van der Waals surface area contributed by atoms with Gasteiger partial charge in [-0.15, -0.1) is 0 Å². The number of fused-ring (bicyclic) bond motifs is 1. The van der Waals surface area contributed by atoms with Crippen molar-refractivity contribution in [2.75, 3.05) is 43.5 Å². The van der Waals surface area contributed by atoms with Gasteiger partial charge in [0, 0.05) is 37.2 Å². The number of aromatic nitrogens is 3. The minimum atomic E-state index is -0.247. The number of amides is 2. The van der Waals surface area contributed by atoms with Crippen molar-refractivity contribution in [2.24, 2.45) is 7.05 Å². The number of benzene rings is 1. The first-order valence-electron chi connectivity index (χ1n) is 10.2. The van der Waals surface area contributed by atoms with E-state index < -0.39 is 0 Å². The zero-order valence-corrected chi connectivity index (χ0v) is 17.9. The molecule has 1 aliphatic heterocycles. The summed E-state index contributed by atoms with van der Waals surface area (Å²) < 4.78 is 6.99. The Balaban J connectivity index is 1.48. The molecule has 2 amide bonds. The lowest BCUT2D eigenvalue weighted by molar-refractivity contribution is -0.118. The van der Waals surface area contributed by atoms with Gasteiger partial charge in [0.05, 0.1) is 36.4 Å². The highest BCUT2D eigenvalue weighted by molar-refractivity contribution is 6.12. The second kappa shape index (κ2) is 8.83. The minimum Gasteiger partial charge on any atom is -0.379 e. The normalized spacial score (nSPS) is 14.5. The van der Waals surface area contributed by atoms with Crippen molar-refractivity contribution in [3.63, 3.8) is 0 Å². The fourth-order valence-electron chi connectivity index (χ4n) is 3.79. The van der Waals surface area contributed by atoms with Gasteiger partial charge < -0.3 is 15.4 Å². The summed E-state index contributed by atoms with van der Waals surface area (Å²) in [6.07, 6.45) is 0. The molecule has 1 fully saturated rings. The second-order valence-electron chi connectivity index (χ2n) is 7.69. The van der Waals surface area contributed by atoms with Crippen LogP contribution in [0, 0.1) is 13.8 Å². The van der Waals surface area contributed by atoms with E-state index in [2.05, 4.69) is 25.6 Å². The summed E-state index contributed by atoms with van der Waals surface area (Å²) in [5.41, 5.74) is 3.91. The first-order valence-corrected chi connectivity index (χ1v) is 10.2. The van der Waals surface area contributed by atoms with E-state index in [-0.39, 0.29) is 11.8 Å². The first-order chi connectivity index (χ1) is 14.9. The lowest BCUT2D eigenvalue weighted by Crippen LogP contribution is -2.41. The van der Waals surface area contributed by atoms with E-state index in [0.717, 1.165) is 29.9 Å². The largest absolute Gasteiger partial charge is 0.379 e. The van der Waals surface area contributed by atoms with Crippen molar-refractivity contribution in [3.05, 3.63) is 47.3 Å². The zero-order valence-electron chi connectivity index (χ0n) is 17.9. The molecule has 0 atom stereocenters. The fraction of sp³-hybridized carbons (Fsp3) is 0.364. The van der Waals surface area contributed by atoms with E-state index in [1.807, 2.05) is 20.9 Å². The Morgan fingerprint density at radius 1 is 1.10 bits per heavy atom. The van der Waals surface area contributed by atoms with E-state index >= 15 is 0 Å². The standard InChI is InChI=1S/C22H26N6O3/c1-14-11-18(20-15(2)26-27(3)21(20)23-14)22(30)25-17-6-4-5-16(12-17)24-19(29)13-28-7-9-31-10-8-28/h4-6,11-12H,7-10,13H2,1-3H3,(H,24,29)(H,25,30). The number of ether oxygens (including phenoxy) is 1. The number of rotatable bonds is 5. The average molecular weight is 422 g/mol. The van der Waals surface area contributed by atoms with Crippen molar-refractivity contribution in [1.82, 2.24) is 19.7 Å². The maximum atomic E-state index is 13.1. The molecule has 2 aromatic heterocycles. The first kappa shape index (κ1) is 21.0. The van der Waals surface area contributed by atoms with Gasteiger partial charge in [-0.05, 0) is 38.1 Å². The minimum absolute atomic E-state index is 0.0946. The Morgan fingerprint density at radius 3 is 2.55 bits per heavy atom. The Morgan fingerprint density at radius 2 is 1.81 bits per heavy atom. The number of nitrogens with one attached hydrogen (secondary N) is 2. The topological polar surface area (TPSA) is 101 Å². The molecule has 1 aromatic carbocycles. The van der Waals surface area contributed by atoms with E-state index in [0.29, 0.717) is 42.3 Å². The maximum absolute atomic E-state index is 13.1. The quantitative estimate of drug-likeness (QED) is 0.653. The molecule has 0 unspecified atom stereocenters. The van der Waals surface area contributed by atoms with Gasteiger partial charge in [-0.3, -0.25) is 19.2 Å². The third-order valence-corrected chi connectivity index (χ3v) is 5.22. The molecule has 3 heterocycles. The van der Waals surface area contributed by atoms with Crippen LogP contribution in [0.1, 0.15) is 21.7 Å². The lowest BCUT2D eigenvalue weighted by atomic mass is 10.1. The zero-order chi connectivity index (χ0) is 22.0. The Hall–Kier alpha value is -3.30. The SMILES string of the molecule is Cc1cc(C(=O)Nc2cccc(NC(=O)CN3CCOCC3)c2)c2c(C)nn(C)c2n1. The van der Waals surface area contributed by atoms with Gasteiger partial charge in [-0.2, -0.15) is 5.10 Å². The molecule has 0 saturated carbocycles. The number of anilines is 2. The molecule has 1 aliphatic rings. The van der Waals surface area contributed by atoms with Crippen LogP contribution < -0.4 is 10.6 Å². The molecule has 0 spiro atoms. The van der Waals surface area contributed by atoms with Crippen LogP contribution in [0.25, 0.3) is 11.0 Å². The highest BCUT2D eigenvalue weighted by atomic mass is 16.5. The van der Waals surface area contributed by atoms with E-state index in [9.17, 15) is 9.59 Å². The van der Waals surface area contributed by atoms with Crippen LogP contribution in [-0.4, -0.2) is 64.3 Å². The van der Waals surface area contributed by atoms with Gasteiger partial charge >= 0.3 is 0 Å². The monoisotopic (exact) mass is 422 g/mol. The number of hydrogen-bond donors (Lipinski definition) is 2. The molecular weight excluding hydrogens is 396 g/mol. The highest BCUT2D eigenvalue weighted by Gasteiger charge is 2.18. The maximum Gasteiger partial charge on any atom is 0.256 e. The van der Waals surface area contributed by atoms with E-state index in [1.54, 1.807) is 35.0 Å². The lowest BCUT2D eigenvalue weighted by Gasteiger charge is -2.25. The van der Waals surface area contributed by atoms with Gasteiger partial charge in [0.15, 0.2) is 5.65 Å². The summed E-state index contributed by atoms with van der Waals surface area (Å²) in [6, 6.07) is 8.89. The third kappa shape index (κ3) is 4.73. The van der Waals surface area contributed by atoms with E-state index in [4.69, 9.17) is 4.74 Å². The summed E-state index contributed by atoms with van der Waals surface area (Å²) in [4.78, 5) is 32.0. The van der Waals surface area contributed by atoms with Crippen LogP contribution in [0.2, 0.25) is 0 Å². The summed E-state index contributed by atoms with van der Waals surface area (Å²) in [7, 11) is 1.81. The number of pyridine rings is 1. The number of hydrogen-bond acceptors (Lipinski definition) is 6. The van der Waals surface area contributed by atoms with Gasteiger partial charge in [-0.25, -0.2) is 4.98 Å². The third-order valence-electron chi connectivity index (χ3n) is 5.22. The molecule has 3 aromatic rings. The Bertz CT molecular complexity index is 1130. The molecule has 1 saturated heterocycles. The highest BCUT2D eigenvalue weighted by Crippen LogP contribution is 2.23. The number of nitrogens with zero attached hydrogens (tertiary/aromatic N) is 4. The molecule has 0 aliphatic carbocycles. The molecule has 0 radical (unpaired) electrons. The summed E-state index contributed by atoms with van der Waals surface area (Å²) >= 11 is 0. The molecule has 31 heavy (non-hydrogen) atoms. The van der Waals surface area contributed by atoms with Crippen molar-refractivity contribution < 1.29 is 14.3 Å². The van der Waals surface area contributed by atoms with Crippen molar-refractivity contribution in [1.29, 1.82) is 0 Å². The van der Waals surface area contributed by atoms with Crippen molar-refractivity contribution in [2.45, 2.75) is 13.8 Å². The number of aryl methyl sites for hydroxylation is 3. The fourth-order valence-corrected chi connectivity index (χ4v) is 3.79. The van der Waals surface area contributed by atoms with Crippen molar-refractivity contribution >= 4 is 34.2 Å². The predicted octanol–water partition coefficient (Wildman–Crippen LogP) is 2.11. The predicted molar refractivity (Wildman–Crippen MR) is 118 cm³/mol. The van der Waals surface area contributed by atoms with Crippen LogP contribution in [0.4, 0.5) is 11.4 Å². The summed E-state index contributed by atoms with van der Waals surface area (Å²) in [5, 5.41) is 11.0. The van der Waals surface area contributed by atoms with E-state index in [1.165, 1.54) is 0 Å². The molecule has 0 bridgehead atoms. The van der Waals surface area contributed by atoms with Crippen LogP contribution in [0.3, 0.4) is 0 Å². The average Bonchev–Trinajstić information content (AvgIpc) is 3.01. The smallest absolute Gasteiger partial charge is 0.256 e. The Kier molecular flexibility index (Phi) is 5.97. The van der Waals surface area contributed by atoms with Crippen LogP contribution in [-0.2, 0) is 16.6 Å². The number of carbonyl (C=O) groups is 2.